The van der Waals surface area contributed by atoms with Gasteiger partial charge in [0.1, 0.15) is 9.96 Å². The summed E-state index contributed by atoms with van der Waals surface area (Å²) < 4.78 is 33.9. The molecule has 4 rings (SSSR count). The average molecular weight is 486 g/mol. The summed E-state index contributed by atoms with van der Waals surface area (Å²) in [5.74, 6) is 0.386. The van der Waals surface area contributed by atoms with Gasteiger partial charge in [0.25, 0.3) is 10.0 Å². The molecule has 1 amide bonds. The zero-order chi connectivity index (χ0) is 21.3. The first kappa shape index (κ1) is 21.5. The maximum Gasteiger partial charge on any atom is 0.252 e. The number of carbonyl (C=O) groups is 1. The van der Waals surface area contributed by atoms with E-state index in [-0.39, 0.29) is 16.0 Å². The van der Waals surface area contributed by atoms with E-state index in [9.17, 15) is 13.2 Å². The van der Waals surface area contributed by atoms with Crippen molar-refractivity contribution >= 4 is 65.6 Å². The Balaban J connectivity index is 1.38. The Morgan fingerprint density at radius 3 is 2.70 bits per heavy atom. The molecule has 0 radical (unpaired) electrons. The molecular formula is C19H20ClN3O4S3. The molecule has 0 atom stereocenters. The minimum Gasteiger partial charge on any atom is -0.494 e. The second-order valence-corrected chi connectivity index (χ2v) is 11.7. The third-order valence-corrected chi connectivity index (χ3v) is 9.40. The molecule has 3 aromatic rings. The summed E-state index contributed by atoms with van der Waals surface area (Å²) >= 11 is 8.31. The smallest absolute Gasteiger partial charge is 0.252 e. The van der Waals surface area contributed by atoms with Crippen LogP contribution in [0.15, 0.2) is 34.5 Å². The number of anilines is 1. The van der Waals surface area contributed by atoms with Gasteiger partial charge in [0, 0.05) is 19.0 Å². The van der Waals surface area contributed by atoms with Crippen LogP contribution in [-0.4, -0.2) is 43.3 Å². The Kier molecular flexibility index (Phi) is 6.31. The monoisotopic (exact) mass is 485 g/mol. The normalized spacial score (nSPS) is 16.1. The summed E-state index contributed by atoms with van der Waals surface area (Å²) in [4.78, 5) is 17.1. The van der Waals surface area contributed by atoms with E-state index in [1.807, 2.05) is 25.1 Å². The molecule has 1 fully saturated rings. The van der Waals surface area contributed by atoms with Gasteiger partial charge in [-0.1, -0.05) is 22.9 Å². The van der Waals surface area contributed by atoms with Gasteiger partial charge < -0.3 is 10.1 Å². The number of benzene rings is 1. The molecule has 0 saturated carbocycles. The Hall–Kier alpha value is -1.72. The highest BCUT2D eigenvalue weighted by molar-refractivity contribution is 7.91. The predicted octanol–water partition coefficient (Wildman–Crippen LogP) is 4.45. The number of thiazole rings is 1. The molecule has 0 unspecified atom stereocenters. The van der Waals surface area contributed by atoms with Gasteiger partial charge in [0.05, 0.1) is 21.2 Å². The molecule has 0 bridgehead atoms. The minimum absolute atomic E-state index is 0.129. The minimum atomic E-state index is -3.56. The van der Waals surface area contributed by atoms with Crippen LogP contribution in [0.2, 0.25) is 4.34 Å². The lowest BCUT2D eigenvalue weighted by Crippen LogP contribution is -2.41. The fourth-order valence-electron chi connectivity index (χ4n) is 3.34. The summed E-state index contributed by atoms with van der Waals surface area (Å²) in [6.45, 7) is 3.11. The van der Waals surface area contributed by atoms with Gasteiger partial charge in [0.2, 0.25) is 5.91 Å². The summed E-state index contributed by atoms with van der Waals surface area (Å²) in [7, 11) is -3.56. The van der Waals surface area contributed by atoms with E-state index in [2.05, 4.69) is 10.3 Å². The molecule has 0 spiro atoms. The van der Waals surface area contributed by atoms with Gasteiger partial charge in [-0.25, -0.2) is 13.4 Å². The number of amides is 1. The van der Waals surface area contributed by atoms with Crippen molar-refractivity contribution in [1.82, 2.24) is 9.29 Å². The lowest BCUT2D eigenvalue weighted by Gasteiger charge is -2.29. The standard InChI is InChI=1S/C19H20ClN3O4S3/c1-2-27-13-3-4-14-15(11-13)28-19(21-14)22-18(24)12-7-9-23(10-8-12)30(25,26)17-6-5-16(20)29-17/h3-6,11-12H,2,7-10H2,1H3,(H,21,22,24). The first-order valence-corrected chi connectivity index (χ1v) is 12.9. The van der Waals surface area contributed by atoms with Crippen molar-refractivity contribution < 1.29 is 17.9 Å². The number of ether oxygens (including phenoxy) is 1. The number of halogens is 1. The highest BCUT2D eigenvalue weighted by Gasteiger charge is 2.33. The molecule has 1 aliphatic heterocycles. The fourth-order valence-corrected chi connectivity index (χ4v) is 7.35. The maximum atomic E-state index is 12.7. The second-order valence-electron chi connectivity index (χ2n) is 6.81. The summed E-state index contributed by atoms with van der Waals surface area (Å²) in [6, 6.07) is 8.73. The van der Waals surface area contributed by atoms with Gasteiger partial charge in [-0.15, -0.1) is 11.3 Å². The van der Waals surface area contributed by atoms with Crippen LogP contribution in [0, 0.1) is 5.92 Å². The fraction of sp³-hybridized carbons (Fsp3) is 0.368. The average Bonchev–Trinajstić information content (AvgIpc) is 3.34. The molecule has 2 aromatic heterocycles. The summed E-state index contributed by atoms with van der Waals surface area (Å²) in [5, 5.41) is 3.42. The number of hydrogen-bond donors (Lipinski definition) is 1. The zero-order valence-electron chi connectivity index (χ0n) is 16.1. The SMILES string of the molecule is CCOc1ccc2nc(NC(=O)C3CCN(S(=O)(=O)c4ccc(Cl)s4)CC3)sc2c1. The summed E-state index contributed by atoms with van der Waals surface area (Å²) in [5.41, 5.74) is 0.800. The van der Waals surface area contributed by atoms with Crippen molar-refractivity contribution in [2.75, 3.05) is 25.0 Å². The van der Waals surface area contributed by atoms with Crippen molar-refractivity contribution in [2.24, 2.45) is 5.92 Å². The second kappa shape index (κ2) is 8.80. The third-order valence-electron chi connectivity index (χ3n) is 4.87. The van der Waals surface area contributed by atoms with E-state index in [4.69, 9.17) is 16.3 Å². The molecule has 7 nitrogen and oxygen atoms in total. The molecule has 1 aromatic carbocycles. The van der Waals surface area contributed by atoms with Crippen molar-refractivity contribution in [3.05, 3.63) is 34.7 Å². The van der Waals surface area contributed by atoms with Gasteiger partial charge in [-0.05, 0) is 50.1 Å². The zero-order valence-corrected chi connectivity index (χ0v) is 19.3. The van der Waals surface area contributed by atoms with E-state index in [1.54, 1.807) is 6.07 Å². The number of nitrogens with one attached hydrogen (secondary N) is 1. The number of rotatable bonds is 6. The van der Waals surface area contributed by atoms with Crippen LogP contribution in [0.4, 0.5) is 5.13 Å². The van der Waals surface area contributed by atoms with E-state index < -0.39 is 10.0 Å². The predicted molar refractivity (Wildman–Crippen MR) is 120 cm³/mol. The third kappa shape index (κ3) is 4.47. The first-order valence-electron chi connectivity index (χ1n) is 9.46. The van der Waals surface area contributed by atoms with Crippen LogP contribution in [0.25, 0.3) is 10.2 Å². The van der Waals surface area contributed by atoms with E-state index in [0.29, 0.717) is 42.0 Å². The largest absolute Gasteiger partial charge is 0.494 e. The molecular weight excluding hydrogens is 466 g/mol. The van der Waals surface area contributed by atoms with Gasteiger partial charge in [-0.3, -0.25) is 4.79 Å². The van der Waals surface area contributed by atoms with Crippen LogP contribution < -0.4 is 10.1 Å². The summed E-state index contributed by atoms with van der Waals surface area (Å²) in [6.07, 6.45) is 0.924. The van der Waals surface area contributed by atoms with Crippen LogP contribution >= 0.6 is 34.3 Å². The van der Waals surface area contributed by atoms with Crippen molar-refractivity contribution in [2.45, 2.75) is 24.0 Å². The molecule has 11 heteroatoms. The Labute approximate surface area is 187 Å². The van der Waals surface area contributed by atoms with Crippen molar-refractivity contribution in [3.63, 3.8) is 0 Å². The highest BCUT2D eigenvalue weighted by atomic mass is 35.5. The van der Waals surface area contributed by atoms with Gasteiger partial charge in [0.15, 0.2) is 5.13 Å². The van der Waals surface area contributed by atoms with E-state index in [0.717, 1.165) is 27.3 Å². The van der Waals surface area contributed by atoms with Crippen molar-refractivity contribution in [1.29, 1.82) is 0 Å². The van der Waals surface area contributed by atoms with E-state index in [1.165, 1.54) is 21.7 Å². The van der Waals surface area contributed by atoms with Crippen molar-refractivity contribution in [3.8, 4) is 5.75 Å². The molecule has 1 N–H and O–H groups in total. The number of piperidine rings is 1. The van der Waals surface area contributed by atoms with Crippen LogP contribution in [0.1, 0.15) is 19.8 Å². The first-order chi connectivity index (χ1) is 14.4. The topological polar surface area (TPSA) is 88.6 Å². The molecule has 30 heavy (non-hydrogen) atoms. The molecule has 1 saturated heterocycles. The maximum absolute atomic E-state index is 12.7. The number of sulfonamides is 1. The number of aromatic nitrogens is 1. The molecule has 3 heterocycles. The van der Waals surface area contributed by atoms with Crippen LogP contribution in [0.5, 0.6) is 5.75 Å². The molecule has 1 aliphatic rings. The number of carbonyl (C=O) groups excluding carboxylic acids is 1. The number of hydrogen-bond acceptors (Lipinski definition) is 7. The van der Waals surface area contributed by atoms with Gasteiger partial charge >= 0.3 is 0 Å². The Bertz CT molecular complexity index is 1170. The Morgan fingerprint density at radius 1 is 1.27 bits per heavy atom. The highest BCUT2D eigenvalue weighted by Crippen LogP contribution is 2.32. The van der Waals surface area contributed by atoms with Crippen LogP contribution in [-0.2, 0) is 14.8 Å². The van der Waals surface area contributed by atoms with E-state index >= 15 is 0 Å². The van der Waals surface area contributed by atoms with Gasteiger partial charge in [-0.2, -0.15) is 4.31 Å². The lowest BCUT2D eigenvalue weighted by atomic mass is 9.97. The lowest BCUT2D eigenvalue weighted by molar-refractivity contribution is -0.120. The molecule has 0 aliphatic carbocycles. The Morgan fingerprint density at radius 2 is 2.03 bits per heavy atom. The number of nitrogens with zero attached hydrogens (tertiary/aromatic N) is 2. The van der Waals surface area contributed by atoms with Crippen LogP contribution in [0.3, 0.4) is 0 Å². The number of thiophene rings is 1. The quantitative estimate of drug-likeness (QED) is 0.557. The number of fused-ring (bicyclic) bond motifs is 1. The molecule has 160 valence electrons.